The van der Waals surface area contributed by atoms with E-state index in [1.165, 1.54) is 0 Å². The number of anilines is 2. The van der Waals surface area contributed by atoms with Gasteiger partial charge in [0.25, 0.3) is 0 Å². The summed E-state index contributed by atoms with van der Waals surface area (Å²) in [6, 6.07) is 1.11. The van der Waals surface area contributed by atoms with Crippen molar-refractivity contribution in [2.45, 2.75) is 46.6 Å². The molecular formula is C15H25F2N3. The van der Waals surface area contributed by atoms with Gasteiger partial charge in [-0.05, 0) is 18.8 Å². The fraction of sp³-hybridized carbons (Fsp3) is 0.667. The highest BCUT2D eigenvalue weighted by molar-refractivity contribution is 5.49. The molecule has 0 atom stereocenters. The maximum absolute atomic E-state index is 14.1. The summed E-state index contributed by atoms with van der Waals surface area (Å²) in [6.07, 6.45) is 1.80. The van der Waals surface area contributed by atoms with Gasteiger partial charge in [0.05, 0.1) is 0 Å². The van der Waals surface area contributed by atoms with E-state index in [4.69, 9.17) is 0 Å². The second-order valence-corrected chi connectivity index (χ2v) is 5.39. The van der Waals surface area contributed by atoms with E-state index in [2.05, 4.69) is 38.0 Å². The topological polar surface area (TPSA) is 28.2 Å². The number of hydrogen-bond donors (Lipinski definition) is 1. The van der Waals surface area contributed by atoms with Gasteiger partial charge in [-0.15, -0.1) is 0 Å². The van der Waals surface area contributed by atoms with Crippen molar-refractivity contribution < 1.29 is 8.78 Å². The third-order valence-electron chi connectivity index (χ3n) is 3.36. The Hall–Kier alpha value is -1.39. The van der Waals surface area contributed by atoms with Gasteiger partial charge in [-0.1, -0.05) is 27.7 Å². The van der Waals surface area contributed by atoms with Gasteiger partial charge in [0, 0.05) is 25.7 Å². The second kappa shape index (κ2) is 7.41. The minimum atomic E-state index is -0.664. The quantitative estimate of drug-likeness (QED) is 0.819. The Kier molecular flexibility index (Phi) is 6.17. The predicted molar refractivity (Wildman–Crippen MR) is 80.3 cm³/mol. The summed E-state index contributed by atoms with van der Waals surface area (Å²) < 4.78 is 27.7. The summed E-state index contributed by atoms with van der Waals surface area (Å²) in [4.78, 5) is 6.08. The van der Waals surface area contributed by atoms with Crippen LogP contribution in [0.4, 0.5) is 20.4 Å². The van der Waals surface area contributed by atoms with Crippen LogP contribution in [-0.2, 0) is 0 Å². The first-order valence-corrected chi connectivity index (χ1v) is 7.24. The molecule has 20 heavy (non-hydrogen) atoms. The lowest BCUT2D eigenvalue weighted by atomic mass is 10.1. The number of pyridine rings is 1. The molecule has 0 aromatic carbocycles. The largest absolute Gasteiger partial charge is 0.371 e. The van der Waals surface area contributed by atoms with Gasteiger partial charge in [-0.25, -0.2) is 13.8 Å². The number of nitrogens with one attached hydrogen (secondary N) is 1. The van der Waals surface area contributed by atoms with Crippen molar-refractivity contribution >= 4 is 11.6 Å². The Bertz CT molecular complexity index is 431. The monoisotopic (exact) mass is 285 g/mol. The number of halogens is 2. The van der Waals surface area contributed by atoms with Gasteiger partial charge in [0.1, 0.15) is 0 Å². The molecule has 0 aliphatic heterocycles. The van der Waals surface area contributed by atoms with Crippen LogP contribution in [0.15, 0.2) is 6.07 Å². The van der Waals surface area contributed by atoms with E-state index in [9.17, 15) is 8.78 Å². The molecule has 1 N–H and O–H groups in total. The second-order valence-electron chi connectivity index (χ2n) is 5.39. The van der Waals surface area contributed by atoms with Crippen molar-refractivity contribution in [2.75, 3.05) is 23.8 Å². The van der Waals surface area contributed by atoms with E-state index >= 15 is 0 Å². The van der Waals surface area contributed by atoms with Crippen LogP contribution >= 0.6 is 0 Å². The average molecular weight is 285 g/mol. The molecule has 0 saturated heterocycles. The predicted octanol–water partition coefficient (Wildman–Crippen LogP) is 4.05. The molecule has 5 heteroatoms. The highest BCUT2D eigenvalue weighted by Gasteiger charge is 2.23. The smallest absolute Gasteiger partial charge is 0.168 e. The molecule has 1 aromatic heterocycles. The summed E-state index contributed by atoms with van der Waals surface area (Å²) >= 11 is 0. The van der Waals surface area contributed by atoms with Gasteiger partial charge in [0.15, 0.2) is 23.3 Å². The molecule has 0 aliphatic rings. The van der Waals surface area contributed by atoms with Gasteiger partial charge in [-0.3, -0.25) is 0 Å². The highest BCUT2D eigenvalue weighted by Crippen LogP contribution is 2.26. The number of aromatic nitrogens is 1. The molecule has 1 aromatic rings. The molecule has 0 bridgehead atoms. The Morgan fingerprint density at radius 3 is 2.25 bits per heavy atom. The van der Waals surface area contributed by atoms with E-state index in [0.717, 1.165) is 18.9 Å². The van der Waals surface area contributed by atoms with Crippen molar-refractivity contribution in [3.05, 3.63) is 17.7 Å². The summed E-state index contributed by atoms with van der Waals surface area (Å²) in [5.41, 5.74) is 0. The Morgan fingerprint density at radius 2 is 1.80 bits per heavy atom. The molecule has 0 radical (unpaired) electrons. The van der Waals surface area contributed by atoms with Crippen LogP contribution in [0, 0.1) is 17.6 Å². The zero-order valence-electron chi connectivity index (χ0n) is 13.0. The van der Waals surface area contributed by atoms with Gasteiger partial charge < -0.3 is 10.2 Å². The lowest BCUT2D eigenvalue weighted by Crippen LogP contribution is -2.38. The molecule has 0 unspecified atom stereocenters. The van der Waals surface area contributed by atoms with Crippen LogP contribution < -0.4 is 10.2 Å². The van der Waals surface area contributed by atoms with Crippen LogP contribution in [-0.4, -0.2) is 24.6 Å². The van der Waals surface area contributed by atoms with Crippen LogP contribution in [0.25, 0.3) is 0 Å². The van der Waals surface area contributed by atoms with Crippen molar-refractivity contribution in [1.82, 2.24) is 4.98 Å². The Balaban J connectivity index is 3.25. The van der Waals surface area contributed by atoms with Crippen LogP contribution in [0.3, 0.4) is 0 Å². The zero-order chi connectivity index (χ0) is 15.3. The summed E-state index contributed by atoms with van der Waals surface area (Å²) in [6.45, 7) is 9.00. The Morgan fingerprint density at radius 1 is 1.20 bits per heavy atom. The van der Waals surface area contributed by atoms with Gasteiger partial charge >= 0.3 is 0 Å². The third-order valence-corrected chi connectivity index (χ3v) is 3.36. The maximum atomic E-state index is 14.1. The summed E-state index contributed by atoms with van der Waals surface area (Å²) in [5, 5.41) is 2.67. The number of rotatable bonds is 7. The van der Waals surface area contributed by atoms with Gasteiger partial charge in [0.2, 0.25) is 0 Å². The molecule has 0 fully saturated rings. The van der Waals surface area contributed by atoms with Crippen LogP contribution in [0.2, 0.25) is 0 Å². The molecule has 3 nitrogen and oxygen atoms in total. The minimum Gasteiger partial charge on any atom is -0.371 e. The first-order chi connectivity index (χ1) is 9.44. The fourth-order valence-electron chi connectivity index (χ4n) is 2.36. The normalized spacial score (nSPS) is 11.2. The molecule has 0 spiro atoms. The first kappa shape index (κ1) is 16.7. The highest BCUT2D eigenvalue weighted by atomic mass is 19.1. The van der Waals surface area contributed by atoms with E-state index < -0.39 is 11.6 Å². The van der Waals surface area contributed by atoms with E-state index in [1.54, 1.807) is 7.05 Å². The Labute approximate surface area is 120 Å². The number of hydrogen-bond acceptors (Lipinski definition) is 3. The SMILES string of the molecule is CCC(CC)N(CC(C)C)c1nc(NC)c(F)cc1F. The van der Waals surface area contributed by atoms with Crippen molar-refractivity contribution in [1.29, 1.82) is 0 Å². The molecule has 1 rings (SSSR count). The van der Waals surface area contributed by atoms with Crippen molar-refractivity contribution in [2.24, 2.45) is 5.92 Å². The van der Waals surface area contributed by atoms with Crippen molar-refractivity contribution in [3.8, 4) is 0 Å². The molecule has 114 valence electrons. The van der Waals surface area contributed by atoms with Crippen molar-refractivity contribution in [3.63, 3.8) is 0 Å². The molecule has 1 heterocycles. The van der Waals surface area contributed by atoms with Gasteiger partial charge in [-0.2, -0.15) is 0 Å². The lowest BCUT2D eigenvalue weighted by molar-refractivity contribution is 0.487. The van der Waals surface area contributed by atoms with E-state index in [0.29, 0.717) is 12.5 Å². The lowest BCUT2D eigenvalue weighted by Gasteiger charge is -2.33. The van der Waals surface area contributed by atoms with E-state index in [-0.39, 0.29) is 17.7 Å². The summed E-state index contributed by atoms with van der Waals surface area (Å²) in [5.74, 6) is -0.573. The zero-order valence-corrected chi connectivity index (χ0v) is 13.0. The average Bonchev–Trinajstić information content (AvgIpc) is 2.39. The molecule has 0 amide bonds. The first-order valence-electron chi connectivity index (χ1n) is 7.24. The van der Waals surface area contributed by atoms with E-state index in [1.807, 2.05) is 4.90 Å². The molecule has 0 aliphatic carbocycles. The number of nitrogens with zero attached hydrogens (tertiary/aromatic N) is 2. The standard InChI is InChI=1S/C15H25F2N3/c1-6-11(7-2)20(9-10(3)4)15-13(17)8-12(16)14(18-5)19-15/h8,10-11H,6-7,9H2,1-5H3,(H,18,19). The van der Waals surface area contributed by atoms with Crippen LogP contribution in [0.5, 0.6) is 0 Å². The maximum Gasteiger partial charge on any atom is 0.168 e. The fourth-order valence-corrected chi connectivity index (χ4v) is 2.36. The van der Waals surface area contributed by atoms with Crippen LogP contribution in [0.1, 0.15) is 40.5 Å². The molecule has 0 saturated carbocycles. The molecular weight excluding hydrogens is 260 g/mol. The third kappa shape index (κ3) is 3.81. The minimum absolute atomic E-state index is 0.0844. The summed E-state index contributed by atoms with van der Waals surface area (Å²) in [7, 11) is 1.58.